The molecule has 4 amide bonds. The molecule has 1 fully saturated rings. The summed E-state index contributed by atoms with van der Waals surface area (Å²) in [7, 11) is 0. The molecule has 2 rings (SSSR count). The molecule has 1 aromatic rings. The number of alkyl halides is 3. The Labute approximate surface area is 142 Å². The van der Waals surface area contributed by atoms with E-state index >= 15 is 0 Å². The molecule has 1 aliphatic rings. The Morgan fingerprint density at radius 3 is 2.36 bits per heavy atom. The van der Waals surface area contributed by atoms with Crippen molar-refractivity contribution in [1.82, 2.24) is 15.5 Å². The monoisotopic (exact) mass is 357 g/mol. The molecule has 1 saturated heterocycles. The summed E-state index contributed by atoms with van der Waals surface area (Å²) in [6, 6.07) is 7.52. The summed E-state index contributed by atoms with van der Waals surface area (Å²) in [5.74, 6) is -3.31. The normalized spacial score (nSPS) is 20.8. The van der Waals surface area contributed by atoms with E-state index in [1.807, 2.05) is 0 Å². The van der Waals surface area contributed by atoms with Crippen LogP contribution in [0, 0.1) is 5.92 Å². The number of carbonyl (C=O) groups is 3. The summed E-state index contributed by atoms with van der Waals surface area (Å²) in [6.45, 7) is 2.53. The number of hydrogen-bond acceptors (Lipinski definition) is 3. The van der Waals surface area contributed by atoms with Gasteiger partial charge in [0, 0.05) is 12.5 Å². The maximum absolute atomic E-state index is 13.5. The number of hydrogen-bond donors (Lipinski definition) is 2. The molecule has 0 aliphatic carbocycles. The first-order chi connectivity index (χ1) is 11.6. The zero-order chi connectivity index (χ0) is 18.8. The number of nitrogens with one attached hydrogen (secondary N) is 2. The molecule has 136 valence electrons. The van der Waals surface area contributed by atoms with Crippen molar-refractivity contribution in [3.8, 4) is 0 Å². The molecule has 0 bridgehead atoms. The lowest BCUT2D eigenvalue weighted by Crippen LogP contribution is -2.70. The third-order valence-electron chi connectivity index (χ3n) is 3.83. The maximum Gasteiger partial charge on any atom is 0.440 e. The van der Waals surface area contributed by atoms with Crippen LogP contribution < -0.4 is 10.6 Å². The molecule has 9 heteroatoms. The van der Waals surface area contributed by atoms with Crippen molar-refractivity contribution in [3.63, 3.8) is 0 Å². The van der Waals surface area contributed by atoms with Gasteiger partial charge in [-0.05, 0) is 12.0 Å². The SMILES string of the molecule is CC(C)C(=O)NC1(C(F)(F)F)NC(=O)N(CCc2ccccc2)C1=O. The van der Waals surface area contributed by atoms with E-state index in [-0.39, 0.29) is 13.0 Å². The van der Waals surface area contributed by atoms with E-state index < -0.39 is 35.6 Å². The molecule has 0 spiro atoms. The predicted octanol–water partition coefficient (Wildman–Crippen LogP) is 1.81. The highest BCUT2D eigenvalue weighted by atomic mass is 19.4. The highest BCUT2D eigenvalue weighted by Crippen LogP contribution is 2.34. The van der Waals surface area contributed by atoms with Crippen molar-refractivity contribution in [1.29, 1.82) is 0 Å². The van der Waals surface area contributed by atoms with Crippen molar-refractivity contribution >= 4 is 17.8 Å². The molecular weight excluding hydrogens is 339 g/mol. The van der Waals surface area contributed by atoms with Gasteiger partial charge in [0.1, 0.15) is 0 Å². The van der Waals surface area contributed by atoms with Gasteiger partial charge in [0.25, 0.3) is 11.6 Å². The van der Waals surface area contributed by atoms with Gasteiger partial charge in [0.05, 0.1) is 0 Å². The third-order valence-corrected chi connectivity index (χ3v) is 3.83. The van der Waals surface area contributed by atoms with Crippen LogP contribution in [0.1, 0.15) is 19.4 Å². The van der Waals surface area contributed by atoms with Gasteiger partial charge in [-0.1, -0.05) is 44.2 Å². The summed E-state index contributed by atoms with van der Waals surface area (Å²) in [6.07, 6.45) is -4.97. The van der Waals surface area contributed by atoms with Gasteiger partial charge >= 0.3 is 12.2 Å². The lowest BCUT2D eigenvalue weighted by Gasteiger charge is -2.30. The first-order valence-corrected chi connectivity index (χ1v) is 7.65. The average Bonchev–Trinajstić information content (AvgIpc) is 2.77. The van der Waals surface area contributed by atoms with E-state index in [2.05, 4.69) is 0 Å². The highest BCUT2D eigenvalue weighted by Gasteiger charge is 2.68. The minimum atomic E-state index is -5.17. The van der Waals surface area contributed by atoms with Crippen LogP contribution in [0.4, 0.5) is 18.0 Å². The Balaban J connectivity index is 2.24. The smallest absolute Gasteiger partial charge is 0.318 e. The van der Waals surface area contributed by atoms with E-state index in [0.29, 0.717) is 4.90 Å². The van der Waals surface area contributed by atoms with Crippen LogP contribution in [0.25, 0.3) is 0 Å². The fraction of sp³-hybridized carbons (Fsp3) is 0.438. The van der Waals surface area contributed by atoms with Gasteiger partial charge in [0.15, 0.2) is 0 Å². The number of benzene rings is 1. The van der Waals surface area contributed by atoms with Crippen LogP contribution in [0.2, 0.25) is 0 Å². The van der Waals surface area contributed by atoms with Crippen molar-refractivity contribution in [2.45, 2.75) is 32.1 Å². The Morgan fingerprint density at radius 2 is 1.84 bits per heavy atom. The summed E-state index contributed by atoms with van der Waals surface area (Å²) in [5.41, 5.74) is -2.67. The van der Waals surface area contributed by atoms with Crippen molar-refractivity contribution in [2.75, 3.05) is 6.54 Å². The van der Waals surface area contributed by atoms with E-state index in [9.17, 15) is 27.6 Å². The number of carbonyl (C=O) groups excluding carboxylic acids is 3. The molecule has 0 saturated carbocycles. The number of amides is 4. The van der Waals surface area contributed by atoms with E-state index in [0.717, 1.165) is 5.56 Å². The molecule has 1 atom stereocenters. The fourth-order valence-electron chi connectivity index (χ4n) is 2.34. The molecule has 1 aromatic carbocycles. The zero-order valence-electron chi connectivity index (χ0n) is 13.7. The lowest BCUT2D eigenvalue weighted by atomic mass is 10.1. The van der Waals surface area contributed by atoms with Gasteiger partial charge in [-0.2, -0.15) is 13.2 Å². The Hall–Kier alpha value is -2.58. The second kappa shape index (κ2) is 6.73. The molecule has 6 nitrogen and oxygen atoms in total. The third kappa shape index (κ3) is 3.59. The maximum atomic E-state index is 13.5. The van der Waals surface area contributed by atoms with Crippen LogP contribution in [0.15, 0.2) is 30.3 Å². The molecular formula is C16H18F3N3O3. The Kier molecular flexibility index (Phi) is 5.05. The number of nitrogens with zero attached hydrogens (tertiary/aromatic N) is 1. The standard InChI is InChI=1S/C16H18F3N3O3/c1-10(2)12(23)20-15(16(17,18)19)13(24)22(14(25)21-15)9-8-11-6-4-3-5-7-11/h3-7,10H,8-9H2,1-2H3,(H,20,23)(H,21,25). The van der Waals surface area contributed by atoms with Gasteiger partial charge < -0.3 is 5.32 Å². The van der Waals surface area contributed by atoms with E-state index in [1.165, 1.54) is 13.8 Å². The number of halogens is 3. The molecule has 1 aliphatic heterocycles. The number of urea groups is 1. The second-order valence-electron chi connectivity index (χ2n) is 6.01. The topological polar surface area (TPSA) is 78.5 Å². The summed E-state index contributed by atoms with van der Waals surface area (Å²) < 4.78 is 40.6. The van der Waals surface area contributed by atoms with Crippen LogP contribution in [0.3, 0.4) is 0 Å². The Morgan fingerprint density at radius 1 is 1.24 bits per heavy atom. The van der Waals surface area contributed by atoms with E-state index in [1.54, 1.807) is 41.0 Å². The quantitative estimate of drug-likeness (QED) is 0.789. The molecule has 2 N–H and O–H groups in total. The zero-order valence-corrected chi connectivity index (χ0v) is 13.7. The Bertz CT molecular complexity index is 676. The second-order valence-corrected chi connectivity index (χ2v) is 6.01. The summed E-state index contributed by atoms with van der Waals surface area (Å²) >= 11 is 0. The lowest BCUT2D eigenvalue weighted by molar-refractivity contribution is -0.204. The first-order valence-electron chi connectivity index (χ1n) is 7.65. The van der Waals surface area contributed by atoms with Crippen molar-refractivity contribution < 1.29 is 27.6 Å². The summed E-state index contributed by atoms with van der Waals surface area (Å²) in [4.78, 5) is 36.6. The molecule has 0 radical (unpaired) electrons. The fourth-order valence-corrected chi connectivity index (χ4v) is 2.34. The van der Waals surface area contributed by atoms with E-state index in [4.69, 9.17) is 0 Å². The average molecular weight is 357 g/mol. The highest BCUT2D eigenvalue weighted by molar-refractivity contribution is 6.09. The van der Waals surface area contributed by atoms with Crippen molar-refractivity contribution in [2.24, 2.45) is 5.92 Å². The van der Waals surface area contributed by atoms with Gasteiger partial charge in [0.2, 0.25) is 5.91 Å². The van der Waals surface area contributed by atoms with Gasteiger partial charge in [-0.25, -0.2) is 4.79 Å². The summed E-state index contributed by atoms with van der Waals surface area (Å²) in [5, 5.41) is 3.26. The molecule has 1 heterocycles. The van der Waals surface area contributed by atoms with Crippen LogP contribution >= 0.6 is 0 Å². The first kappa shape index (κ1) is 18.8. The predicted molar refractivity (Wildman–Crippen MR) is 82.2 cm³/mol. The van der Waals surface area contributed by atoms with Crippen LogP contribution in [-0.2, 0) is 16.0 Å². The van der Waals surface area contributed by atoms with Gasteiger partial charge in [-0.3, -0.25) is 19.8 Å². The van der Waals surface area contributed by atoms with Gasteiger partial charge in [-0.15, -0.1) is 0 Å². The molecule has 25 heavy (non-hydrogen) atoms. The molecule has 0 aromatic heterocycles. The number of rotatable bonds is 5. The van der Waals surface area contributed by atoms with Crippen LogP contribution in [-0.4, -0.2) is 41.1 Å². The number of imide groups is 1. The van der Waals surface area contributed by atoms with Crippen molar-refractivity contribution in [3.05, 3.63) is 35.9 Å². The minimum absolute atomic E-state index is 0.200. The van der Waals surface area contributed by atoms with Crippen LogP contribution in [0.5, 0.6) is 0 Å². The largest absolute Gasteiger partial charge is 0.440 e. The minimum Gasteiger partial charge on any atom is -0.318 e. The molecule has 1 unspecified atom stereocenters.